The molecule has 1 fully saturated rings. The molecule has 3 heterocycles. The number of nitrogens with two attached hydrogens (primary N) is 1. The van der Waals surface area contributed by atoms with Crippen LogP contribution in [0.3, 0.4) is 0 Å². The highest BCUT2D eigenvalue weighted by Gasteiger charge is 2.46. The first-order valence-corrected chi connectivity index (χ1v) is 7.27. The van der Waals surface area contributed by atoms with Crippen molar-refractivity contribution in [2.24, 2.45) is 0 Å². The first-order valence-electron chi connectivity index (χ1n) is 7.27. The Bertz CT molecular complexity index is 759. The number of ether oxygens (including phenoxy) is 2. The van der Waals surface area contributed by atoms with E-state index in [1.54, 1.807) is 4.57 Å². The molecule has 2 aromatic rings. The molecule has 0 saturated carbocycles. The zero-order valence-electron chi connectivity index (χ0n) is 12.6. The molecule has 0 aliphatic carbocycles. The van der Waals surface area contributed by atoms with Crippen molar-refractivity contribution in [3.63, 3.8) is 0 Å². The van der Waals surface area contributed by atoms with Crippen molar-refractivity contribution < 1.29 is 19.7 Å². The molecule has 2 aromatic heterocycles. The number of nitrogens with zero attached hydrogens (tertiary/aromatic N) is 3. The summed E-state index contributed by atoms with van der Waals surface area (Å²) in [5.74, 6) is -0.0276. The second-order valence-electron chi connectivity index (χ2n) is 5.51. The topological polar surface area (TPSA) is 149 Å². The Labute approximate surface area is 130 Å². The van der Waals surface area contributed by atoms with Gasteiger partial charge >= 0.3 is 0 Å². The average molecular weight is 325 g/mol. The van der Waals surface area contributed by atoms with Crippen LogP contribution < -0.4 is 11.3 Å². The third-order valence-corrected chi connectivity index (χ3v) is 3.98. The number of anilines is 1. The summed E-state index contributed by atoms with van der Waals surface area (Å²) in [5, 5.41) is 19.7. The van der Waals surface area contributed by atoms with Crippen LogP contribution in [0.5, 0.6) is 0 Å². The Hall–Kier alpha value is -2.01. The van der Waals surface area contributed by atoms with Crippen molar-refractivity contribution in [1.82, 2.24) is 19.5 Å². The van der Waals surface area contributed by atoms with Crippen LogP contribution in [0.25, 0.3) is 11.2 Å². The number of aliphatic hydroxyl groups is 2. The minimum atomic E-state index is -1.22. The Morgan fingerprint density at radius 1 is 1.70 bits per heavy atom. The van der Waals surface area contributed by atoms with Gasteiger partial charge in [-0.15, -0.1) is 0 Å². The van der Waals surface area contributed by atoms with Crippen LogP contribution in [0.1, 0.15) is 19.6 Å². The summed E-state index contributed by atoms with van der Waals surface area (Å²) in [6.45, 7) is 1.63. The fraction of sp³-hybridized carbons (Fsp3) is 0.615. The average Bonchev–Trinajstić information content (AvgIpc) is 3.09. The van der Waals surface area contributed by atoms with E-state index in [-0.39, 0.29) is 30.3 Å². The molecule has 0 bridgehead atoms. The number of imidazole rings is 1. The predicted octanol–water partition coefficient (Wildman–Crippen LogP) is -1.25. The van der Waals surface area contributed by atoms with E-state index in [0.717, 1.165) is 0 Å². The fourth-order valence-electron chi connectivity index (χ4n) is 2.65. The van der Waals surface area contributed by atoms with Gasteiger partial charge in [0.2, 0.25) is 5.95 Å². The SMILES string of the molecule is CCC(OC1(CO)COCC1O)n1cnc2c(=O)[nH]c(N)nc21. The van der Waals surface area contributed by atoms with Crippen LogP contribution in [0.2, 0.25) is 0 Å². The minimum Gasteiger partial charge on any atom is -0.393 e. The zero-order chi connectivity index (χ0) is 16.6. The van der Waals surface area contributed by atoms with Gasteiger partial charge in [-0.3, -0.25) is 14.3 Å². The van der Waals surface area contributed by atoms with E-state index < -0.39 is 30.1 Å². The van der Waals surface area contributed by atoms with Crippen molar-refractivity contribution in [1.29, 1.82) is 0 Å². The third-order valence-electron chi connectivity index (χ3n) is 3.98. The fourth-order valence-corrected chi connectivity index (χ4v) is 2.65. The number of nitrogens with one attached hydrogen (secondary N) is 1. The lowest BCUT2D eigenvalue weighted by Crippen LogP contribution is -2.49. The summed E-state index contributed by atoms with van der Waals surface area (Å²) in [6, 6.07) is 0. The smallest absolute Gasteiger partial charge is 0.280 e. The maximum Gasteiger partial charge on any atom is 0.280 e. The Balaban J connectivity index is 2.00. The highest BCUT2D eigenvalue weighted by Crippen LogP contribution is 2.30. The monoisotopic (exact) mass is 325 g/mol. The molecule has 1 aliphatic rings. The molecule has 3 unspecified atom stereocenters. The van der Waals surface area contributed by atoms with Crippen LogP contribution in [0.15, 0.2) is 11.1 Å². The second kappa shape index (κ2) is 5.89. The van der Waals surface area contributed by atoms with Crippen molar-refractivity contribution in [2.45, 2.75) is 31.3 Å². The summed E-state index contributed by atoms with van der Waals surface area (Å²) in [4.78, 5) is 22.4. The number of aromatic amines is 1. The number of aliphatic hydroxyl groups excluding tert-OH is 2. The van der Waals surface area contributed by atoms with Crippen LogP contribution >= 0.6 is 0 Å². The third kappa shape index (κ3) is 2.59. The van der Waals surface area contributed by atoms with Gasteiger partial charge in [-0.1, -0.05) is 6.92 Å². The molecule has 126 valence electrons. The highest BCUT2D eigenvalue weighted by atomic mass is 16.6. The quantitative estimate of drug-likeness (QED) is 0.533. The summed E-state index contributed by atoms with van der Waals surface area (Å²) >= 11 is 0. The van der Waals surface area contributed by atoms with Gasteiger partial charge in [0, 0.05) is 0 Å². The summed E-state index contributed by atoms with van der Waals surface area (Å²) < 4.78 is 12.7. The molecule has 0 aromatic carbocycles. The first-order chi connectivity index (χ1) is 11.0. The van der Waals surface area contributed by atoms with Gasteiger partial charge in [-0.05, 0) is 6.42 Å². The lowest BCUT2D eigenvalue weighted by atomic mass is 10.0. The van der Waals surface area contributed by atoms with Gasteiger partial charge in [-0.25, -0.2) is 4.98 Å². The Morgan fingerprint density at radius 2 is 2.48 bits per heavy atom. The number of H-pyrrole nitrogens is 1. The largest absolute Gasteiger partial charge is 0.393 e. The lowest BCUT2D eigenvalue weighted by Gasteiger charge is -2.33. The van der Waals surface area contributed by atoms with Gasteiger partial charge in [0.1, 0.15) is 17.9 Å². The molecule has 0 spiro atoms. The molecule has 10 nitrogen and oxygen atoms in total. The minimum absolute atomic E-state index is 0.0276. The Kier molecular flexibility index (Phi) is 4.06. The molecule has 1 aliphatic heterocycles. The van der Waals surface area contributed by atoms with Crippen molar-refractivity contribution in [3.05, 3.63) is 16.7 Å². The number of rotatable bonds is 5. The molecule has 1 saturated heterocycles. The summed E-state index contributed by atoms with van der Waals surface area (Å²) in [5.41, 5.74) is 4.34. The van der Waals surface area contributed by atoms with Gasteiger partial charge in [-0.2, -0.15) is 4.98 Å². The van der Waals surface area contributed by atoms with E-state index in [4.69, 9.17) is 15.2 Å². The Morgan fingerprint density at radius 3 is 3.09 bits per heavy atom. The zero-order valence-corrected chi connectivity index (χ0v) is 12.6. The van der Waals surface area contributed by atoms with Crippen molar-refractivity contribution in [2.75, 3.05) is 25.6 Å². The van der Waals surface area contributed by atoms with Gasteiger partial charge < -0.3 is 25.4 Å². The van der Waals surface area contributed by atoms with E-state index >= 15 is 0 Å². The van der Waals surface area contributed by atoms with E-state index in [0.29, 0.717) is 6.42 Å². The van der Waals surface area contributed by atoms with E-state index in [2.05, 4.69) is 15.0 Å². The van der Waals surface area contributed by atoms with Crippen LogP contribution in [0.4, 0.5) is 5.95 Å². The molecular weight excluding hydrogens is 306 g/mol. The molecule has 10 heteroatoms. The number of nitrogen functional groups attached to an aromatic ring is 1. The number of aromatic nitrogens is 4. The molecule has 3 rings (SSSR count). The van der Waals surface area contributed by atoms with E-state index in [9.17, 15) is 15.0 Å². The van der Waals surface area contributed by atoms with Crippen molar-refractivity contribution >= 4 is 17.1 Å². The lowest BCUT2D eigenvalue weighted by molar-refractivity contribution is -0.179. The highest BCUT2D eigenvalue weighted by molar-refractivity contribution is 5.70. The summed E-state index contributed by atoms with van der Waals surface area (Å²) in [6.07, 6.45) is 0.372. The van der Waals surface area contributed by atoms with Gasteiger partial charge in [0.25, 0.3) is 5.56 Å². The molecule has 0 radical (unpaired) electrons. The standard InChI is InChI=1S/C13H19N5O5/c1-2-8(23-13(4-19)5-22-3-7(13)20)18-6-15-9-10(18)16-12(14)17-11(9)21/h6-8,19-20H,2-5H2,1H3,(H3,14,16,17,21). The van der Waals surface area contributed by atoms with Gasteiger partial charge in [0.15, 0.2) is 11.2 Å². The maximum atomic E-state index is 11.8. The summed E-state index contributed by atoms with van der Waals surface area (Å²) in [7, 11) is 0. The predicted molar refractivity (Wildman–Crippen MR) is 79.6 cm³/mol. The van der Waals surface area contributed by atoms with Gasteiger partial charge in [0.05, 0.1) is 26.1 Å². The van der Waals surface area contributed by atoms with Crippen molar-refractivity contribution in [3.8, 4) is 0 Å². The number of hydrogen-bond acceptors (Lipinski definition) is 8. The second-order valence-corrected chi connectivity index (χ2v) is 5.51. The molecule has 23 heavy (non-hydrogen) atoms. The maximum absolute atomic E-state index is 11.8. The van der Waals surface area contributed by atoms with Crippen LogP contribution in [-0.2, 0) is 9.47 Å². The first kappa shape index (κ1) is 15.9. The van der Waals surface area contributed by atoms with Crippen LogP contribution in [-0.4, -0.2) is 61.3 Å². The molecule has 3 atom stereocenters. The normalized spacial score (nSPS) is 26.0. The number of fused-ring (bicyclic) bond motifs is 1. The number of hydrogen-bond donors (Lipinski definition) is 4. The molecule has 5 N–H and O–H groups in total. The molecular formula is C13H19N5O5. The molecule has 0 amide bonds. The van der Waals surface area contributed by atoms with E-state index in [1.165, 1.54) is 6.33 Å². The van der Waals surface area contributed by atoms with Crippen LogP contribution in [0, 0.1) is 0 Å². The van der Waals surface area contributed by atoms with E-state index in [1.807, 2.05) is 6.92 Å².